The van der Waals surface area contributed by atoms with Gasteiger partial charge in [0.05, 0.1) is 5.41 Å². The Morgan fingerprint density at radius 1 is 1.43 bits per heavy atom. The molecule has 2 heterocycles. The van der Waals surface area contributed by atoms with Crippen molar-refractivity contribution in [3.05, 3.63) is 0 Å². The Kier molecular flexibility index (Phi) is 2.77. The van der Waals surface area contributed by atoms with Crippen LogP contribution in [0.25, 0.3) is 0 Å². The Labute approximate surface area is 85.6 Å². The first-order valence-corrected chi connectivity index (χ1v) is 5.78. The number of carbonyl (C=O) groups is 1. The Bertz CT molecular complexity index is 221. The van der Waals surface area contributed by atoms with E-state index in [9.17, 15) is 4.79 Å². The quantitative estimate of drug-likeness (QED) is 0.689. The fourth-order valence-electron chi connectivity index (χ4n) is 3.01. The summed E-state index contributed by atoms with van der Waals surface area (Å²) in [6, 6.07) is 0. The smallest absolute Gasteiger partial charge is 0.226 e. The second kappa shape index (κ2) is 3.89. The molecule has 1 amide bonds. The monoisotopic (exact) mass is 196 g/mol. The Morgan fingerprint density at radius 2 is 2.14 bits per heavy atom. The second-order valence-corrected chi connectivity index (χ2v) is 4.60. The summed E-state index contributed by atoms with van der Waals surface area (Å²) in [7, 11) is 0. The van der Waals surface area contributed by atoms with E-state index in [0.29, 0.717) is 11.8 Å². The van der Waals surface area contributed by atoms with Crippen LogP contribution in [-0.2, 0) is 4.79 Å². The van der Waals surface area contributed by atoms with Gasteiger partial charge in [-0.25, -0.2) is 0 Å². The molecule has 0 saturated carbocycles. The zero-order chi connectivity index (χ0) is 10.0. The van der Waals surface area contributed by atoms with Crippen LogP contribution in [0.1, 0.15) is 32.6 Å². The number of hydrogen-bond acceptors (Lipinski definition) is 2. The summed E-state index contributed by atoms with van der Waals surface area (Å²) < 4.78 is 0. The normalized spacial score (nSPS) is 30.6. The minimum atomic E-state index is -0.0126. The van der Waals surface area contributed by atoms with E-state index < -0.39 is 0 Å². The van der Waals surface area contributed by atoms with Gasteiger partial charge in [0.25, 0.3) is 0 Å². The van der Waals surface area contributed by atoms with E-state index in [4.69, 9.17) is 0 Å². The van der Waals surface area contributed by atoms with Crippen LogP contribution in [-0.4, -0.2) is 25.5 Å². The molecule has 80 valence electrons. The van der Waals surface area contributed by atoms with E-state index in [2.05, 4.69) is 17.6 Å². The van der Waals surface area contributed by atoms with Crippen LogP contribution in [0.4, 0.5) is 0 Å². The molecule has 0 aromatic carbocycles. The molecule has 3 heteroatoms. The van der Waals surface area contributed by atoms with Gasteiger partial charge in [0.15, 0.2) is 0 Å². The third kappa shape index (κ3) is 1.44. The molecule has 0 unspecified atom stereocenters. The van der Waals surface area contributed by atoms with E-state index in [1.807, 2.05) is 0 Å². The van der Waals surface area contributed by atoms with Gasteiger partial charge in [-0.3, -0.25) is 4.79 Å². The lowest BCUT2D eigenvalue weighted by molar-refractivity contribution is -0.130. The summed E-state index contributed by atoms with van der Waals surface area (Å²) in [5.41, 5.74) is -0.0126. The van der Waals surface area contributed by atoms with Gasteiger partial charge in [-0.05, 0) is 38.3 Å². The molecule has 0 aliphatic carbocycles. The van der Waals surface area contributed by atoms with Crippen molar-refractivity contribution in [3.8, 4) is 0 Å². The molecule has 2 fully saturated rings. The molecule has 2 N–H and O–H groups in total. The van der Waals surface area contributed by atoms with Crippen LogP contribution >= 0.6 is 0 Å². The van der Waals surface area contributed by atoms with Crippen LogP contribution in [0.15, 0.2) is 0 Å². The summed E-state index contributed by atoms with van der Waals surface area (Å²) in [5, 5.41) is 6.39. The van der Waals surface area contributed by atoms with Crippen molar-refractivity contribution in [3.63, 3.8) is 0 Å². The third-order valence-corrected chi connectivity index (χ3v) is 3.88. The molecule has 2 aliphatic rings. The number of amides is 1. The minimum Gasteiger partial charge on any atom is -0.355 e. The van der Waals surface area contributed by atoms with Gasteiger partial charge in [0.2, 0.25) is 5.91 Å². The zero-order valence-corrected chi connectivity index (χ0v) is 8.94. The van der Waals surface area contributed by atoms with E-state index in [0.717, 1.165) is 32.5 Å². The Balaban J connectivity index is 2.13. The molecule has 14 heavy (non-hydrogen) atoms. The number of hydrogen-bond donors (Lipinski definition) is 2. The van der Waals surface area contributed by atoms with Gasteiger partial charge < -0.3 is 10.6 Å². The highest BCUT2D eigenvalue weighted by atomic mass is 16.2. The van der Waals surface area contributed by atoms with Gasteiger partial charge in [-0.1, -0.05) is 13.3 Å². The SMILES string of the molecule is CCC[C@H]1CNC(=O)C12CCNCC2. The van der Waals surface area contributed by atoms with Crippen LogP contribution in [0.5, 0.6) is 0 Å². The van der Waals surface area contributed by atoms with Gasteiger partial charge in [0.1, 0.15) is 0 Å². The van der Waals surface area contributed by atoms with Crippen molar-refractivity contribution in [2.45, 2.75) is 32.6 Å². The average Bonchev–Trinajstić information content (AvgIpc) is 2.49. The first-order valence-electron chi connectivity index (χ1n) is 5.78. The molecular weight excluding hydrogens is 176 g/mol. The van der Waals surface area contributed by atoms with Crippen molar-refractivity contribution < 1.29 is 4.79 Å². The first-order chi connectivity index (χ1) is 6.79. The topological polar surface area (TPSA) is 41.1 Å². The molecule has 1 spiro atoms. The molecule has 2 saturated heterocycles. The Hall–Kier alpha value is -0.570. The Morgan fingerprint density at radius 3 is 2.79 bits per heavy atom. The molecule has 2 aliphatic heterocycles. The van der Waals surface area contributed by atoms with Crippen LogP contribution in [0.2, 0.25) is 0 Å². The summed E-state index contributed by atoms with van der Waals surface area (Å²) in [4.78, 5) is 11.9. The summed E-state index contributed by atoms with van der Waals surface area (Å²) in [6.45, 7) is 5.13. The van der Waals surface area contributed by atoms with Crippen molar-refractivity contribution >= 4 is 5.91 Å². The summed E-state index contributed by atoms with van der Waals surface area (Å²) in [6.07, 6.45) is 4.44. The average molecular weight is 196 g/mol. The molecule has 0 aromatic heterocycles. The molecule has 2 rings (SSSR count). The lowest BCUT2D eigenvalue weighted by atomic mass is 9.69. The number of rotatable bonds is 2. The number of nitrogens with one attached hydrogen (secondary N) is 2. The lowest BCUT2D eigenvalue weighted by Crippen LogP contribution is -2.44. The van der Waals surface area contributed by atoms with E-state index in [-0.39, 0.29) is 5.41 Å². The fourth-order valence-corrected chi connectivity index (χ4v) is 3.01. The molecule has 0 aromatic rings. The maximum Gasteiger partial charge on any atom is 0.226 e. The van der Waals surface area contributed by atoms with Crippen molar-refractivity contribution in [2.24, 2.45) is 11.3 Å². The lowest BCUT2D eigenvalue weighted by Gasteiger charge is -2.36. The summed E-state index contributed by atoms with van der Waals surface area (Å²) >= 11 is 0. The zero-order valence-electron chi connectivity index (χ0n) is 8.94. The van der Waals surface area contributed by atoms with Crippen LogP contribution in [0.3, 0.4) is 0 Å². The van der Waals surface area contributed by atoms with Crippen molar-refractivity contribution in [1.29, 1.82) is 0 Å². The molecule has 0 radical (unpaired) electrons. The third-order valence-electron chi connectivity index (χ3n) is 3.88. The highest BCUT2D eigenvalue weighted by molar-refractivity contribution is 5.85. The maximum atomic E-state index is 11.9. The van der Waals surface area contributed by atoms with Gasteiger partial charge in [0, 0.05) is 6.54 Å². The number of carbonyl (C=O) groups excluding carboxylic acids is 1. The van der Waals surface area contributed by atoms with Gasteiger partial charge in [-0.15, -0.1) is 0 Å². The minimum absolute atomic E-state index is 0.0126. The van der Waals surface area contributed by atoms with Crippen LogP contribution in [0, 0.1) is 11.3 Å². The number of piperidine rings is 1. The standard InChI is InChI=1S/C11H20N2O/c1-2-3-9-8-13-10(14)11(9)4-6-12-7-5-11/h9,12H,2-8H2,1H3,(H,13,14)/t9-/m0/s1. The van der Waals surface area contributed by atoms with Crippen LogP contribution < -0.4 is 10.6 Å². The highest BCUT2D eigenvalue weighted by Gasteiger charge is 2.49. The van der Waals surface area contributed by atoms with E-state index >= 15 is 0 Å². The molecule has 3 nitrogen and oxygen atoms in total. The second-order valence-electron chi connectivity index (χ2n) is 4.60. The summed E-state index contributed by atoms with van der Waals surface area (Å²) in [5.74, 6) is 0.902. The molecule has 1 atom stereocenters. The molecular formula is C11H20N2O. The van der Waals surface area contributed by atoms with Crippen molar-refractivity contribution in [2.75, 3.05) is 19.6 Å². The predicted molar refractivity (Wildman–Crippen MR) is 55.9 cm³/mol. The largest absolute Gasteiger partial charge is 0.355 e. The fraction of sp³-hybridized carbons (Fsp3) is 0.909. The first kappa shape index (κ1) is 9.97. The predicted octanol–water partition coefficient (Wildman–Crippen LogP) is 0.902. The molecule has 0 bridgehead atoms. The van der Waals surface area contributed by atoms with Gasteiger partial charge in [-0.2, -0.15) is 0 Å². The highest BCUT2D eigenvalue weighted by Crippen LogP contribution is 2.42. The van der Waals surface area contributed by atoms with E-state index in [1.165, 1.54) is 12.8 Å². The maximum absolute atomic E-state index is 11.9. The van der Waals surface area contributed by atoms with Crippen molar-refractivity contribution in [1.82, 2.24) is 10.6 Å². The van der Waals surface area contributed by atoms with Gasteiger partial charge >= 0.3 is 0 Å². The van der Waals surface area contributed by atoms with E-state index in [1.54, 1.807) is 0 Å².